The Morgan fingerprint density at radius 1 is 1.31 bits per heavy atom. The van der Waals surface area contributed by atoms with E-state index in [0.29, 0.717) is 17.3 Å². The van der Waals surface area contributed by atoms with Crippen LogP contribution < -0.4 is 10.5 Å². The molecule has 0 saturated carbocycles. The number of anilines is 1. The first-order valence-corrected chi connectivity index (χ1v) is 5.20. The molecule has 0 fully saturated rings. The number of aromatic nitrogens is 1. The van der Waals surface area contributed by atoms with E-state index in [1.807, 2.05) is 18.2 Å². The third-order valence-corrected chi connectivity index (χ3v) is 2.46. The van der Waals surface area contributed by atoms with Gasteiger partial charge in [-0.1, -0.05) is 17.7 Å². The van der Waals surface area contributed by atoms with Crippen LogP contribution in [-0.4, -0.2) is 4.98 Å². The van der Waals surface area contributed by atoms with Gasteiger partial charge in [-0.05, 0) is 24.3 Å². The van der Waals surface area contributed by atoms with Crippen LogP contribution in [0.15, 0.2) is 42.7 Å². The Kier molecular flexibility index (Phi) is 3.27. The molecule has 0 aliphatic carbocycles. The topological polar surface area (TPSA) is 48.1 Å². The molecular formula is C12H11ClN2O. The van der Waals surface area contributed by atoms with Crippen molar-refractivity contribution < 1.29 is 4.74 Å². The minimum Gasteiger partial charge on any atom is -0.487 e. The van der Waals surface area contributed by atoms with E-state index in [-0.39, 0.29) is 0 Å². The summed E-state index contributed by atoms with van der Waals surface area (Å²) in [4.78, 5) is 3.96. The second-order valence-corrected chi connectivity index (χ2v) is 3.74. The number of benzene rings is 1. The van der Waals surface area contributed by atoms with Gasteiger partial charge in [-0.25, -0.2) is 0 Å². The third kappa shape index (κ3) is 2.64. The van der Waals surface area contributed by atoms with E-state index in [9.17, 15) is 0 Å². The Morgan fingerprint density at radius 3 is 2.88 bits per heavy atom. The van der Waals surface area contributed by atoms with Crippen LogP contribution in [0.4, 0.5) is 5.69 Å². The molecule has 0 radical (unpaired) electrons. The molecule has 1 aromatic carbocycles. The van der Waals surface area contributed by atoms with Crippen molar-refractivity contribution in [2.75, 3.05) is 5.73 Å². The third-order valence-electron chi connectivity index (χ3n) is 2.11. The number of nitrogens with two attached hydrogens (primary N) is 1. The fourth-order valence-electron chi connectivity index (χ4n) is 1.27. The van der Waals surface area contributed by atoms with Gasteiger partial charge in [0.15, 0.2) is 0 Å². The number of nitrogen functional groups attached to an aromatic ring is 1. The van der Waals surface area contributed by atoms with E-state index in [4.69, 9.17) is 22.1 Å². The van der Waals surface area contributed by atoms with Gasteiger partial charge >= 0.3 is 0 Å². The monoisotopic (exact) mass is 234 g/mol. The van der Waals surface area contributed by atoms with Crippen LogP contribution in [0.25, 0.3) is 0 Å². The van der Waals surface area contributed by atoms with Crippen molar-refractivity contribution in [1.29, 1.82) is 0 Å². The number of halogens is 1. The van der Waals surface area contributed by atoms with E-state index in [1.165, 1.54) is 0 Å². The predicted molar refractivity (Wildman–Crippen MR) is 64.4 cm³/mol. The summed E-state index contributed by atoms with van der Waals surface area (Å²) in [5.74, 6) is 0.718. The van der Waals surface area contributed by atoms with Gasteiger partial charge in [-0.2, -0.15) is 0 Å². The normalized spacial score (nSPS) is 10.1. The summed E-state index contributed by atoms with van der Waals surface area (Å²) >= 11 is 6.02. The highest BCUT2D eigenvalue weighted by Gasteiger charge is 2.01. The van der Waals surface area contributed by atoms with Gasteiger partial charge in [0.1, 0.15) is 12.4 Å². The molecule has 0 aliphatic heterocycles. The molecule has 0 spiro atoms. The molecule has 16 heavy (non-hydrogen) atoms. The van der Waals surface area contributed by atoms with Crippen LogP contribution in [0, 0.1) is 0 Å². The van der Waals surface area contributed by atoms with Gasteiger partial charge in [0.25, 0.3) is 0 Å². The highest BCUT2D eigenvalue weighted by Crippen LogP contribution is 2.20. The van der Waals surface area contributed by atoms with Crippen molar-refractivity contribution in [3.8, 4) is 5.75 Å². The molecule has 1 heterocycles. The average Bonchev–Trinajstić information content (AvgIpc) is 2.29. The molecule has 0 bridgehead atoms. The fourth-order valence-corrected chi connectivity index (χ4v) is 1.52. The molecular weight excluding hydrogens is 224 g/mol. The number of pyridine rings is 1. The SMILES string of the molecule is Nc1ccc(COc2cccnc2)c(Cl)c1. The summed E-state index contributed by atoms with van der Waals surface area (Å²) in [6, 6.07) is 9.03. The van der Waals surface area contributed by atoms with Gasteiger partial charge in [-0.3, -0.25) is 4.98 Å². The van der Waals surface area contributed by atoms with Gasteiger partial charge in [-0.15, -0.1) is 0 Å². The molecule has 0 unspecified atom stereocenters. The van der Waals surface area contributed by atoms with Crippen LogP contribution in [0.2, 0.25) is 5.02 Å². The molecule has 2 aromatic rings. The average molecular weight is 235 g/mol. The molecule has 1 aromatic heterocycles. The highest BCUT2D eigenvalue weighted by molar-refractivity contribution is 6.31. The second-order valence-electron chi connectivity index (χ2n) is 3.33. The maximum atomic E-state index is 6.02. The van der Waals surface area contributed by atoms with Crippen LogP contribution in [0.3, 0.4) is 0 Å². The summed E-state index contributed by atoms with van der Waals surface area (Å²) < 4.78 is 5.52. The van der Waals surface area contributed by atoms with E-state index in [0.717, 1.165) is 11.3 Å². The van der Waals surface area contributed by atoms with Gasteiger partial charge in [0, 0.05) is 22.5 Å². The fraction of sp³-hybridized carbons (Fsp3) is 0.0833. The summed E-state index contributed by atoms with van der Waals surface area (Å²) in [5, 5.41) is 0.615. The van der Waals surface area contributed by atoms with Crippen LogP contribution in [-0.2, 0) is 6.61 Å². The van der Waals surface area contributed by atoms with Crippen molar-refractivity contribution >= 4 is 17.3 Å². The molecule has 2 rings (SSSR count). The first kappa shape index (κ1) is 10.8. The lowest BCUT2D eigenvalue weighted by Crippen LogP contribution is -1.97. The summed E-state index contributed by atoms with van der Waals surface area (Å²) in [7, 11) is 0. The quantitative estimate of drug-likeness (QED) is 0.831. The van der Waals surface area contributed by atoms with E-state index in [2.05, 4.69) is 4.98 Å². The molecule has 4 heteroatoms. The summed E-state index contributed by atoms with van der Waals surface area (Å²) in [5.41, 5.74) is 7.15. The van der Waals surface area contributed by atoms with Crippen molar-refractivity contribution in [2.24, 2.45) is 0 Å². The minimum atomic E-state index is 0.408. The van der Waals surface area contributed by atoms with Crippen molar-refractivity contribution in [3.63, 3.8) is 0 Å². The lowest BCUT2D eigenvalue weighted by atomic mass is 10.2. The number of hydrogen-bond acceptors (Lipinski definition) is 3. The molecule has 0 saturated heterocycles. The van der Waals surface area contributed by atoms with Crippen molar-refractivity contribution in [3.05, 3.63) is 53.3 Å². The number of hydrogen-bond donors (Lipinski definition) is 1. The van der Waals surface area contributed by atoms with Gasteiger partial charge < -0.3 is 10.5 Å². The van der Waals surface area contributed by atoms with Crippen molar-refractivity contribution in [2.45, 2.75) is 6.61 Å². The number of ether oxygens (including phenoxy) is 1. The second kappa shape index (κ2) is 4.86. The molecule has 0 amide bonds. The summed E-state index contributed by atoms with van der Waals surface area (Å²) in [6.07, 6.45) is 3.36. The molecule has 82 valence electrons. The Balaban J connectivity index is 2.05. The van der Waals surface area contributed by atoms with E-state index < -0.39 is 0 Å². The predicted octanol–water partition coefficient (Wildman–Crippen LogP) is 2.90. The first-order valence-electron chi connectivity index (χ1n) is 4.82. The van der Waals surface area contributed by atoms with E-state index in [1.54, 1.807) is 24.5 Å². The zero-order valence-corrected chi connectivity index (χ0v) is 9.32. The molecule has 2 N–H and O–H groups in total. The largest absolute Gasteiger partial charge is 0.487 e. The zero-order valence-electron chi connectivity index (χ0n) is 8.56. The lowest BCUT2D eigenvalue weighted by Gasteiger charge is -2.07. The maximum Gasteiger partial charge on any atom is 0.138 e. The van der Waals surface area contributed by atoms with Crippen LogP contribution in [0.5, 0.6) is 5.75 Å². The minimum absolute atomic E-state index is 0.408. The summed E-state index contributed by atoms with van der Waals surface area (Å²) in [6.45, 7) is 0.408. The Hall–Kier alpha value is -1.74. The molecule has 0 atom stereocenters. The lowest BCUT2D eigenvalue weighted by molar-refractivity contribution is 0.305. The van der Waals surface area contributed by atoms with Crippen LogP contribution in [0.1, 0.15) is 5.56 Å². The van der Waals surface area contributed by atoms with Gasteiger partial charge in [0.05, 0.1) is 6.20 Å². The number of rotatable bonds is 3. The molecule has 3 nitrogen and oxygen atoms in total. The Bertz CT molecular complexity index is 474. The van der Waals surface area contributed by atoms with Crippen molar-refractivity contribution in [1.82, 2.24) is 4.98 Å². The van der Waals surface area contributed by atoms with Crippen LogP contribution >= 0.6 is 11.6 Å². The number of nitrogens with zero attached hydrogens (tertiary/aromatic N) is 1. The molecule has 0 aliphatic rings. The van der Waals surface area contributed by atoms with E-state index >= 15 is 0 Å². The smallest absolute Gasteiger partial charge is 0.138 e. The highest BCUT2D eigenvalue weighted by atomic mass is 35.5. The zero-order chi connectivity index (χ0) is 11.4. The Morgan fingerprint density at radius 2 is 2.19 bits per heavy atom. The Labute approximate surface area is 98.8 Å². The first-order chi connectivity index (χ1) is 7.75. The standard InChI is InChI=1S/C12H11ClN2O/c13-12-6-10(14)4-3-9(12)8-16-11-2-1-5-15-7-11/h1-7H,8,14H2. The van der Waals surface area contributed by atoms with Gasteiger partial charge in [0.2, 0.25) is 0 Å². The maximum absolute atomic E-state index is 6.02.